The number of ether oxygens (including phenoxy) is 1. The molecule has 0 aliphatic carbocycles. The predicted molar refractivity (Wildman–Crippen MR) is 78.9 cm³/mol. The minimum absolute atomic E-state index is 0.0588. The van der Waals surface area contributed by atoms with Gasteiger partial charge in [-0.3, -0.25) is 9.48 Å². The Labute approximate surface area is 124 Å². The summed E-state index contributed by atoms with van der Waals surface area (Å²) in [6, 6.07) is 0. The van der Waals surface area contributed by atoms with Gasteiger partial charge in [-0.1, -0.05) is 18.5 Å². The third-order valence-electron chi connectivity index (χ3n) is 2.90. The molecular formula is C13H23ClN4O2. The lowest BCUT2D eigenvalue weighted by Crippen LogP contribution is -2.35. The maximum atomic E-state index is 11.5. The maximum absolute atomic E-state index is 11.5. The van der Waals surface area contributed by atoms with Crippen molar-refractivity contribution in [1.29, 1.82) is 0 Å². The first-order valence-corrected chi connectivity index (χ1v) is 7.22. The number of carbonyl (C=O) groups is 1. The molecule has 1 heterocycles. The second kappa shape index (κ2) is 8.94. The van der Waals surface area contributed by atoms with E-state index in [2.05, 4.69) is 15.7 Å². The maximum Gasteiger partial charge on any atom is 0.234 e. The molecule has 0 unspecified atom stereocenters. The van der Waals surface area contributed by atoms with Gasteiger partial charge in [0.05, 0.1) is 29.6 Å². The number of rotatable bonds is 9. The largest absolute Gasteiger partial charge is 0.383 e. The van der Waals surface area contributed by atoms with E-state index in [0.29, 0.717) is 24.7 Å². The molecule has 1 aromatic heterocycles. The van der Waals surface area contributed by atoms with Gasteiger partial charge in [0.1, 0.15) is 0 Å². The summed E-state index contributed by atoms with van der Waals surface area (Å²) in [7, 11) is 1.60. The molecular weight excluding hydrogens is 280 g/mol. The number of aryl methyl sites for hydroxylation is 2. The molecule has 0 saturated carbocycles. The van der Waals surface area contributed by atoms with Crippen LogP contribution < -0.4 is 10.6 Å². The highest BCUT2D eigenvalue weighted by atomic mass is 35.5. The van der Waals surface area contributed by atoms with Gasteiger partial charge in [-0.2, -0.15) is 5.10 Å². The highest BCUT2D eigenvalue weighted by molar-refractivity contribution is 6.31. The van der Waals surface area contributed by atoms with Crippen molar-refractivity contribution in [3.8, 4) is 0 Å². The summed E-state index contributed by atoms with van der Waals surface area (Å²) in [6.45, 7) is 6.60. The molecule has 0 spiro atoms. The van der Waals surface area contributed by atoms with Crippen LogP contribution in [0.15, 0.2) is 0 Å². The van der Waals surface area contributed by atoms with Crippen LogP contribution in [-0.4, -0.2) is 42.5 Å². The van der Waals surface area contributed by atoms with E-state index in [1.165, 1.54) is 0 Å². The van der Waals surface area contributed by atoms with Crippen LogP contribution in [0.5, 0.6) is 0 Å². The number of halogens is 1. The summed E-state index contributed by atoms with van der Waals surface area (Å²) < 4.78 is 6.73. The van der Waals surface area contributed by atoms with Crippen molar-refractivity contribution in [2.75, 3.05) is 26.8 Å². The van der Waals surface area contributed by atoms with Crippen molar-refractivity contribution >= 4 is 17.5 Å². The van der Waals surface area contributed by atoms with Crippen LogP contribution in [0.2, 0.25) is 5.02 Å². The average molecular weight is 303 g/mol. The second-order valence-corrected chi connectivity index (χ2v) is 4.70. The third kappa shape index (κ3) is 4.77. The van der Waals surface area contributed by atoms with E-state index in [0.717, 1.165) is 24.4 Å². The van der Waals surface area contributed by atoms with Crippen molar-refractivity contribution in [3.63, 3.8) is 0 Å². The van der Waals surface area contributed by atoms with Crippen LogP contribution in [0, 0.1) is 0 Å². The molecule has 0 fully saturated rings. The summed E-state index contributed by atoms with van der Waals surface area (Å²) >= 11 is 6.29. The zero-order chi connectivity index (χ0) is 15.0. The first kappa shape index (κ1) is 16.9. The molecule has 0 saturated heterocycles. The number of amides is 1. The van der Waals surface area contributed by atoms with Crippen LogP contribution in [0.25, 0.3) is 0 Å². The molecule has 114 valence electrons. The van der Waals surface area contributed by atoms with E-state index in [1.54, 1.807) is 7.11 Å². The Morgan fingerprint density at radius 1 is 1.45 bits per heavy atom. The third-order valence-corrected chi connectivity index (χ3v) is 3.34. The van der Waals surface area contributed by atoms with Gasteiger partial charge < -0.3 is 15.4 Å². The Balaban J connectivity index is 2.45. The van der Waals surface area contributed by atoms with Crippen LogP contribution in [0.1, 0.15) is 25.2 Å². The van der Waals surface area contributed by atoms with E-state index >= 15 is 0 Å². The van der Waals surface area contributed by atoms with Crippen molar-refractivity contribution in [2.45, 2.75) is 33.4 Å². The van der Waals surface area contributed by atoms with Gasteiger partial charge in [-0.05, 0) is 13.3 Å². The van der Waals surface area contributed by atoms with Crippen LogP contribution in [0.4, 0.5) is 0 Å². The highest BCUT2D eigenvalue weighted by Gasteiger charge is 2.14. The molecule has 0 aliphatic rings. The minimum atomic E-state index is -0.0588. The predicted octanol–water partition coefficient (Wildman–Crippen LogP) is 0.971. The topological polar surface area (TPSA) is 68.2 Å². The molecule has 0 aromatic carbocycles. The monoisotopic (exact) mass is 302 g/mol. The SMILES string of the molecule is CCc1nn(CC)c(CNCC(=O)NCCOC)c1Cl. The van der Waals surface area contributed by atoms with E-state index in [9.17, 15) is 4.79 Å². The van der Waals surface area contributed by atoms with E-state index in [1.807, 2.05) is 18.5 Å². The summed E-state index contributed by atoms with van der Waals surface area (Å²) in [4.78, 5) is 11.5. The van der Waals surface area contributed by atoms with Crippen molar-refractivity contribution in [3.05, 3.63) is 16.4 Å². The Morgan fingerprint density at radius 2 is 2.20 bits per heavy atom. The fourth-order valence-corrected chi connectivity index (χ4v) is 2.17. The summed E-state index contributed by atoms with van der Waals surface area (Å²) in [5, 5.41) is 11.0. The normalized spacial score (nSPS) is 10.8. The second-order valence-electron chi connectivity index (χ2n) is 4.32. The van der Waals surface area contributed by atoms with E-state index in [4.69, 9.17) is 16.3 Å². The lowest BCUT2D eigenvalue weighted by molar-refractivity contribution is -0.120. The van der Waals surface area contributed by atoms with Crippen molar-refractivity contribution in [1.82, 2.24) is 20.4 Å². The lowest BCUT2D eigenvalue weighted by atomic mass is 10.3. The number of nitrogens with one attached hydrogen (secondary N) is 2. The fraction of sp³-hybridized carbons (Fsp3) is 0.692. The molecule has 0 atom stereocenters. The minimum Gasteiger partial charge on any atom is -0.383 e. The standard InChI is InChI=1S/C13H23ClN4O2/c1-4-10-13(14)11(18(5-2)17-10)8-15-9-12(19)16-6-7-20-3/h15H,4-9H2,1-3H3,(H,16,19). The van der Waals surface area contributed by atoms with Gasteiger partial charge >= 0.3 is 0 Å². The van der Waals surface area contributed by atoms with Gasteiger partial charge in [-0.25, -0.2) is 0 Å². The van der Waals surface area contributed by atoms with Crippen LogP contribution in [0.3, 0.4) is 0 Å². The molecule has 0 aliphatic heterocycles. The van der Waals surface area contributed by atoms with Crippen molar-refractivity contribution < 1.29 is 9.53 Å². The molecule has 0 radical (unpaired) electrons. The van der Waals surface area contributed by atoms with Gasteiger partial charge in [0.25, 0.3) is 0 Å². The average Bonchev–Trinajstić information content (AvgIpc) is 2.75. The van der Waals surface area contributed by atoms with Gasteiger partial charge in [0, 0.05) is 26.7 Å². The first-order chi connectivity index (χ1) is 9.63. The summed E-state index contributed by atoms with van der Waals surface area (Å²) in [5.41, 5.74) is 1.82. The quantitative estimate of drug-likeness (QED) is 0.667. The van der Waals surface area contributed by atoms with Crippen LogP contribution in [-0.2, 0) is 29.0 Å². The molecule has 20 heavy (non-hydrogen) atoms. The van der Waals surface area contributed by atoms with Gasteiger partial charge in [-0.15, -0.1) is 0 Å². The fourth-order valence-electron chi connectivity index (χ4n) is 1.84. The molecule has 2 N–H and O–H groups in total. The number of methoxy groups -OCH3 is 1. The molecule has 6 nitrogen and oxygen atoms in total. The number of aromatic nitrogens is 2. The first-order valence-electron chi connectivity index (χ1n) is 6.84. The van der Waals surface area contributed by atoms with Crippen molar-refractivity contribution in [2.24, 2.45) is 0 Å². The van der Waals surface area contributed by atoms with E-state index in [-0.39, 0.29) is 12.5 Å². The Bertz CT molecular complexity index is 434. The lowest BCUT2D eigenvalue weighted by Gasteiger charge is -2.08. The Morgan fingerprint density at radius 3 is 2.80 bits per heavy atom. The number of hydrogen-bond acceptors (Lipinski definition) is 4. The highest BCUT2D eigenvalue weighted by Crippen LogP contribution is 2.21. The summed E-state index contributed by atoms with van der Waals surface area (Å²) in [6.07, 6.45) is 0.802. The molecule has 0 bridgehead atoms. The van der Waals surface area contributed by atoms with Gasteiger partial charge in [0.15, 0.2) is 0 Å². The molecule has 1 amide bonds. The zero-order valence-electron chi connectivity index (χ0n) is 12.3. The zero-order valence-corrected chi connectivity index (χ0v) is 13.1. The number of carbonyl (C=O) groups excluding carboxylic acids is 1. The van der Waals surface area contributed by atoms with Crippen LogP contribution >= 0.6 is 11.6 Å². The molecule has 1 rings (SSSR count). The summed E-state index contributed by atoms with van der Waals surface area (Å²) in [5.74, 6) is -0.0588. The Kier molecular flexibility index (Phi) is 7.58. The molecule has 1 aromatic rings. The Hall–Kier alpha value is -1.11. The van der Waals surface area contributed by atoms with E-state index < -0.39 is 0 Å². The number of hydrogen-bond donors (Lipinski definition) is 2. The number of nitrogens with zero attached hydrogens (tertiary/aromatic N) is 2. The molecule has 7 heteroatoms. The van der Waals surface area contributed by atoms with Gasteiger partial charge in [0.2, 0.25) is 5.91 Å². The smallest absolute Gasteiger partial charge is 0.234 e.